The van der Waals surface area contributed by atoms with E-state index in [4.69, 9.17) is 5.73 Å². The van der Waals surface area contributed by atoms with Gasteiger partial charge in [-0.05, 0) is 36.5 Å². The van der Waals surface area contributed by atoms with Gasteiger partial charge >= 0.3 is 0 Å². The fourth-order valence-electron chi connectivity index (χ4n) is 2.25. The Hall–Kier alpha value is -1.72. The van der Waals surface area contributed by atoms with Gasteiger partial charge in [-0.15, -0.1) is 0 Å². The van der Waals surface area contributed by atoms with Crippen LogP contribution in [0.15, 0.2) is 17.1 Å². The average Bonchev–Trinajstić information content (AvgIpc) is 2.82. The second-order valence-corrected chi connectivity index (χ2v) is 4.47. The Kier molecular flexibility index (Phi) is 4.07. The topological polar surface area (TPSA) is 92.3 Å². The minimum Gasteiger partial charge on any atom is -0.387 e. The van der Waals surface area contributed by atoms with Crippen molar-refractivity contribution >= 4 is 23.5 Å². The third kappa shape index (κ3) is 2.75. The van der Waals surface area contributed by atoms with E-state index in [1.165, 1.54) is 11.1 Å². The Labute approximate surface area is 106 Å². The van der Waals surface area contributed by atoms with Gasteiger partial charge in [0, 0.05) is 18.9 Å². The molecule has 96 valence electrons. The van der Waals surface area contributed by atoms with Gasteiger partial charge in [0.15, 0.2) is 5.69 Å². The summed E-state index contributed by atoms with van der Waals surface area (Å²) in [6, 6.07) is 3.95. The van der Waals surface area contributed by atoms with Crippen LogP contribution in [0, 0.1) is 0 Å². The van der Waals surface area contributed by atoms with Gasteiger partial charge in [0.25, 0.3) is 0 Å². The fraction of sp³-hybridized carbons (Fsp3) is 0.385. The lowest BCUT2D eigenvalue weighted by Crippen LogP contribution is -2.73. The summed E-state index contributed by atoms with van der Waals surface area (Å²) in [7, 11) is 0. The van der Waals surface area contributed by atoms with Gasteiger partial charge in [-0.3, -0.25) is 0 Å². The summed E-state index contributed by atoms with van der Waals surface area (Å²) in [4.78, 5) is 14.6. The third-order valence-electron chi connectivity index (χ3n) is 3.16. The number of quaternary nitrogens is 1. The predicted octanol–water partition coefficient (Wildman–Crippen LogP) is 0.727. The molecule has 0 amide bonds. The van der Waals surface area contributed by atoms with Gasteiger partial charge in [-0.25, -0.2) is 10.2 Å². The highest BCUT2D eigenvalue weighted by Crippen LogP contribution is 2.31. The third-order valence-corrected chi connectivity index (χ3v) is 3.16. The molecule has 0 saturated heterocycles. The van der Waals surface area contributed by atoms with E-state index in [0.29, 0.717) is 30.1 Å². The first-order valence-corrected chi connectivity index (χ1v) is 6.14. The zero-order chi connectivity index (χ0) is 13.0. The lowest BCUT2D eigenvalue weighted by atomic mass is 10.1. The number of benzene rings is 1. The Morgan fingerprint density at radius 2 is 2.17 bits per heavy atom. The van der Waals surface area contributed by atoms with Crippen molar-refractivity contribution in [1.29, 1.82) is 0 Å². The number of hydrogen-bond acceptors (Lipinski definition) is 3. The first kappa shape index (κ1) is 12.7. The highest BCUT2D eigenvalue weighted by atomic mass is 16.5. The summed E-state index contributed by atoms with van der Waals surface area (Å²) >= 11 is 0. The quantitative estimate of drug-likeness (QED) is 0.236. The van der Waals surface area contributed by atoms with Gasteiger partial charge in [0.05, 0.1) is 0 Å². The second-order valence-electron chi connectivity index (χ2n) is 4.47. The minimum absolute atomic E-state index is 0.373. The zero-order valence-corrected chi connectivity index (χ0v) is 10.2. The van der Waals surface area contributed by atoms with E-state index in [1.807, 2.05) is 12.1 Å². The summed E-state index contributed by atoms with van der Waals surface area (Å²) < 4.78 is 0. The molecule has 0 heterocycles. The molecule has 0 saturated carbocycles. The summed E-state index contributed by atoms with van der Waals surface area (Å²) in [5, 5.41) is 9.25. The van der Waals surface area contributed by atoms with Crippen molar-refractivity contribution in [2.45, 2.75) is 32.1 Å². The Morgan fingerprint density at radius 3 is 2.83 bits per heavy atom. The van der Waals surface area contributed by atoms with Gasteiger partial charge < -0.3 is 10.5 Å². The van der Waals surface area contributed by atoms with Gasteiger partial charge in [-0.1, -0.05) is 0 Å². The maximum Gasteiger partial charge on any atom is 0.188 e. The van der Waals surface area contributed by atoms with E-state index in [1.54, 1.807) is 0 Å². The van der Waals surface area contributed by atoms with Crippen LogP contribution in [0.5, 0.6) is 0 Å². The first-order chi connectivity index (χ1) is 8.74. The molecule has 1 aliphatic rings. The molecule has 0 unspecified atom stereocenters. The average molecular weight is 248 g/mol. The van der Waals surface area contributed by atoms with Crippen molar-refractivity contribution in [2.24, 2.45) is 10.7 Å². The van der Waals surface area contributed by atoms with Crippen LogP contribution >= 0.6 is 0 Å². The zero-order valence-electron chi connectivity index (χ0n) is 10.2. The van der Waals surface area contributed by atoms with Crippen LogP contribution in [0.25, 0.3) is 0 Å². The highest BCUT2D eigenvalue weighted by Gasteiger charge is 2.16. The Bertz CT molecular complexity index is 483. The largest absolute Gasteiger partial charge is 0.387 e. The number of carbonyl (C=O) groups excluding carboxylic acids is 1. The second kappa shape index (κ2) is 5.75. The number of hydrogen-bond donors (Lipinski definition) is 3. The molecule has 5 N–H and O–H groups in total. The van der Waals surface area contributed by atoms with Crippen LogP contribution in [0.3, 0.4) is 0 Å². The van der Waals surface area contributed by atoms with Crippen molar-refractivity contribution < 1.29 is 15.5 Å². The molecule has 5 heteroatoms. The molecule has 0 aromatic heterocycles. The first-order valence-electron chi connectivity index (χ1n) is 6.14. The van der Waals surface area contributed by atoms with Crippen LogP contribution < -0.4 is 11.2 Å². The number of amidine groups is 1. The highest BCUT2D eigenvalue weighted by molar-refractivity contribution is 5.86. The number of carbonyl (C=O) groups is 1. The van der Waals surface area contributed by atoms with E-state index in [2.05, 4.69) is 4.99 Å². The molecular formula is C13H18N3O2+. The number of nitrogens with two attached hydrogens (primary N) is 2. The summed E-state index contributed by atoms with van der Waals surface area (Å²) in [6.07, 6.45) is 4.90. The number of nitrogens with zero attached hydrogens (tertiary/aromatic N) is 1. The van der Waals surface area contributed by atoms with Gasteiger partial charge in [0.1, 0.15) is 17.8 Å². The van der Waals surface area contributed by atoms with Crippen LogP contribution in [-0.2, 0) is 17.6 Å². The molecule has 0 radical (unpaired) electrons. The van der Waals surface area contributed by atoms with Crippen LogP contribution in [0.1, 0.15) is 30.4 Å². The standard InChI is InChI=1S/C13H17N3O2/c14-13(5-2-6-17)15-11-7-9-3-1-4-10(9)8-12(11)16-18/h6-8,16,18H,1-5H2,(H2,14,15)/p+1. The smallest absolute Gasteiger partial charge is 0.188 e. The van der Waals surface area contributed by atoms with Crippen LogP contribution in [0.2, 0.25) is 0 Å². The molecule has 0 bridgehead atoms. The van der Waals surface area contributed by atoms with Gasteiger partial charge in [-0.2, -0.15) is 5.48 Å². The van der Waals surface area contributed by atoms with Crippen LogP contribution in [0.4, 0.5) is 11.4 Å². The summed E-state index contributed by atoms with van der Waals surface area (Å²) in [6.45, 7) is 0. The van der Waals surface area contributed by atoms with E-state index in [-0.39, 0.29) is 0 Å². The monoisotopic (exact) mass is 248 g/mol. The van der Waals surface area contributed by atoms with Crippen molar-refractivity contribution in [3.05, 3.63) is 23.3 Å². The molecule has 0 fully saturated rings. The van der Waals surface area contributed by atoms with Crippen molar-refractivity contribution in [1.82, 2.24) is 0 Å². The van der Waals surface area contributed by atoms with Crippen molar-refractivity contribution in [2.75, 3.05) is 0 Å². The van der Waals surface area contributed by atoms with Crippen molar-refractivity contribution in [3.8, 4) is 0 Å². The van der Waals surface area contributed by atoms with Crippen LogP contribution in [-0.4, -0.2) is 17.3 Å². The van der Waals surface area contributed by atoms with E-state index in [0.717, 1.165) is 31.0 Å². The van der Waals surface area contributed by atoms with Crippen molar-refractivity contribution in [3.63, 3.8) is 0 Å². The molecule has 18 heavy (non-hydrogen) atoms. The molecule has 1 aliphatic carbocycles. The number of aryl methyl sites for hydroxylation is 2. The molecule has 5 nitrogen and oxygen atoms in total. The SMILES string of the molecule is NC(CCC=O)=Nc1cc2c(cc1[NH2+]O)CCC2. The van der Waals surface area contributed by atoms with E-state index >= 15 is 0 Å². The molecule has 1 aromatic carbocycles. The molecule has 2 rings (SSSR count). The van der Waals surface area contributed by atoms with Gasteiger partial charge in [0.2, 0.25) is 0 Å². The number of rotatable bonds is 5. The van der Waals surface area contributed by atoms with E-state index < -0.39 is 0 Å². The molecule has 0 spiro atoms. The predicted molar refractivity (Wildman–Crippen MR) is 68.4 cm³/mol. The lowest BCUT2D eigenvalue weighted by Gasteiger charge is -2.05. The molecule has 0 aliphatic heterocycles. The summed E-state index contributed by atoms with van der Waals surface area (Å²) in [5.74, 6) is 0.420. The lowest BCUT2D eigenvalue weighted by molar-refractivity contribution is -0.825. The number of aldehydes is 1. The Morgan fingerprint density at radius 1 is 1.44 bits per heavy atom. The number of fused-ring (bicyclic) bond motifs is 1. The summed E-state index contributed by atoms with van der Waals surface area (Å²) in [5.41, 5.74) is 10.7. The molecule has 0 atom stereocenters. The fourth-order valence-corrected chi connectivity index (χ4v) is 2.25. The normalized spacial score (nSPS) is 14.6. The maximum atomic E-state index is 10.3. The molecular weight excluding hydrogens is 230 g/mol. The minimum atomic E-state index is 0.373. The number of aliphatic imine (C=N–C) groups is 1. The Balaban J connectivity index is 2.29. The van der Waals surface area contributed by atoms with E-state index in [9.17, 15) is 10.0 Å². The maximum absolute atomic E-state index is 10.3. The molecule has 1 aromatic rings.